The molecule has 25 heavy (non-hydrogen) atoms. The van der Waals surface area contributed by atoms with Gasteiger partial charge in [-0.15, -0.1) is 0 Å². The van der Waals surface area contributed by atoms with Gasteiger partial charge in [-0.05, 0) is 64.0 Å². The second-order valence-electron chi connectivity index (χ2n) is 7.34. The molecule has 1 heterocycles. The van der Waals surface area contributed by atoms with Gasteiger partial charge in [0.1, 0.15) is 5.41 Å². The van der Waals surface area contributed by atoms with Crippen molar-refractivity contribution in [3.63, 3.8) is 0 Å². The van der Waals surface area contributed by atoms with Gasteiger partial charge in [0.25, 0.3) is 0 Å². The van der Waals surface area contributed by atoms with Gasteiger partial charge in [0.2, 0.25) is 11.8 Å². The Morgan fingerprint density at radius 3 is 2.28 bits per heavy atom. The first-order chi connectivity index (χ1) is 12.0. The molecule has 1 aromatic carbocycles. The Morgan fingerprint density at radius 1 is 1.08 bits per heavy atom. The van der Waals surface area contributed by atoms with Crippen molar-refractivity contribution in [1.29, 1.82) is 0 Å². The zero-order chi connectivity index (χ0) is 17.9. The molecule has 0 spiro atoms. The summed E-state index contributed by atoms with van der Waals surface area (Å²) in [6.07, 6.45) is 3.73. The Kier molecular flexibility index (Phi) is 5.27. The fraction of sp³-hybridized carbons (Fsp3) is 0.579. The first kappa shape index (κ1) is 17.7. The highest BCUT2D eigenvalue weighted by molar-refractivity contribution is 6.13. The lowest BCUT2D eigenvalue weighted by molar-refractivity contribution is -0.134. The normalized spacial score (nSPS) is 18.3. The molecular weight excluding hydrogens is 316 g/mol. The van der Waals surface area contributed by atoms with Gasteiger partial charge in [-0.2, -0.15) is 0 Å². The number of amides is 2. The number of hydrogen-bond donors (Lipinski definition) is 2. The van der Waals surface area contributed by atoms with Gasteiger partial charge in [0, 0.05) is 37.6 Å². The fourth-order valence-corrected chi connectivity index (χ4v) is 3.23. The Labute approximate surface area is 149 Å². The van der Waals surface area contributed by atoms with Crippen molar-refractivity contribution < 1.29 is 9.59 Å². The summed E-state index contributed by atoms with van der Waals surface area (Å²) in [5, 5.41) is 5.80. The number of nitrogens with zero attached hydrogens (tertiary/aromatic N) is 2. The number of benzene rings is 1. The van der Waals surface area contributed by atoms with Crippen LogP contribution in [-0.4, -0.2) is 57.0 Å². The third-order valence-electron chi connectivity index (χ3n) is 5.06. The number of nitrogens with one attached hydrogen (secondary N) is 2. The maximum atomic E-state index is 12.6. The molecule has 1 aromatic rings. The highest BCUT2D eigenvalue weighted by Crippen LogP contribution is 2.46. The molecule has 136 valence electrons. The molecule has 1 aliphatic carbocycles. The van der Waals surface area contributed by atoms with E-state index in [0.717, 1.165) is 25.3 Å². The largest absolute Gasteiger partial charge is 0.372 e. The third-order valence-corrected chi connectivity index (χ3v) is 5.06. The van der Waals surface area contributed by atoms with E-state index in [2.05, 4.69) is 15.5 Å². The second kappa shape index (κ2) is 7.44. The Bertz CT molecular complexity index is 617. The molecule has 6 nitrogen and oxygen atoms in total. The molecule has 0 atom stereocenters. The summed E-state index contributed by atoms with van der Waals surface area (Å²) in [5.74, 6) is -0.343. The van der Waals surface area contributed by atoms with Crippen LogP contribution in [0.5, 0.6) is 0 Å². The lowest BCUT2D eigenvalue weighted by Crippen LogP contribution is -2.42. The van der Waals surface area contributed by atoms with Crippen LogP contribution in [0.25, 0.3) is 0 Å². The van der Waals surface area contributed by atoms with Crippen molar-refractivity contribution in [2.75, 3.05) is 50.5 Å². The third kappa shape index (κ3) is 4.12. The number of anilines is 2. The van der Waals surface area contributed by atoms with Crippen LogP contribution in [0.3, 0.4) is 0 Å². The zero-order valence-electron chi connectivity index (χ0n) is 15.2. The van der Waals surface area contributed by atoms with Crippen molar-refractivity contribution in [3.8, 4) is 0 Å². The molecule has 0 radical (unpaired) electrons. The number of rotatable bonds is 7. The highest BCUT2D eigenvalue weighted by Gasteiger charge is 2.56. The van der Waals surface area contributed by atoms with Crippen LogP contribution < -0.4 is 15.5 Å². The van der Waals surface area contributed by atoms with Crippen LogP contribution in [0.4, 0.5) is 11.4 Å². The van der Waals surface area contributed by atoms with E-state index in [9.17, 15) is 9.59 Å². The highest BCUT2D eigenvalue weighted by atomic mass is 16.2. The number of hydrogen-bond acceptors (Lipinski definition) is 4. The Balaban J connectivity index is 1.55. The molecule has 2 aliphatic rings. The fourth-order valence-electron chi connectivity index (χ4n) is 3.23. The summed E-state index contributed by atoms with van der Waals surface area (Å²) in [4.78, 5) is 29.3. The van der Waals surface area contributed by atoms with E-state index < -0.39 is 5.41 Å². The average molecular weight is 344 g/mol. The van der Waals surface area contributed by atoms with E-state index in [-0.39, 0.29) is 11.8 Å². The summed E-state index contributed by atoms with van der Waals surface area (Å²) in [6.45, 7) is 3.52. The predicted octanol–water partition coefficient (Wildman–Crippen LogP) is 1.68. The molecule has 1 saturated heterocycles. The average Bonchev–Trinajstić information content (AvgIpc) is 3.23. The van der Waals surface area contributed by atoms with E-state index in [1.807, 2.05) is 43.3 Å². The summed E-state index contributed by atoms with van der Waals surface area (Å²) in [6, 6.07) is 7.92. The Hall–Kier alpha value is -2.08. The van der Waals surface area contributed by atoms with E-state index >= 15 is 0 Å². The summed E-state index contributed by atoms with van der Waals surface area (Å²) in [7, 11) is 3.91. The van der Waals surface area contributed by atoms with E-state index in [4.69, 9.17) is 0 Å². The number of likely N-dealkylation sites (N-methyl/N-ethyl adjacent to an activating group) is 1. The second-order valence-corrected chi connectivity index (χ2v) is 7.34. The molecule has 0 aromatic heterocycles. The minimum Gasteiger partial charge on any atom is -0.372 e. The van der Waals surface area contributed by atoms with Gasteiger partial charge in [0.05, 0.1) is 0 Å². The number of carbonyl (C=O) groups excluding carboxylic acids is 2. The molecule has 0 unspecified atom stereocenters. The van der Waals surface area contributed by atoms with Crippen LogP contribution in [0.2, 0.25) is 0 Å². The van der Waals surface area contributed by atoms with E-state index in [0.29, 0.717) is 19.4 Å². The molecule has 1 aliphatic heterocycles. The minimum absolute atomic E-state index is 0.152. The lowest BCUT2D eigenvalue weighted by atomic mass is 10.0. The van der Waals surface area contributed by atoms with Crippen LogP contribution in [0, 0.1) is 5.41 Å². The quantitative estimate of drug-likeness (QED) is 0.739. The van der Waals surface area contributed by atoms with Crippen LogP contribution in [-0.2, 0) is 9.59 Å². The van der Waals surface area contributed by atoms with Crippen molar-refractivity contribution in [1.82, 2.24) is 10.2 Å². The molecule has 6 heteroatoms. The first-order valence-corrected chi connectivity index (χ1v) is 9.11. The van der Waals surface area contributed by atoms with Crippen molar-refractivity contribution in [2.24, 2.45) is 5.41 Å². The molecule has 2 N–H and O–H groups in total. The standard InChI is InChI=1S/C19H28N4O2/c1-22(2)14-11-20-17(24)19(9-10-19)18(25)21-15-5-7-16(8-6-15)23-12-3-4-13-23/h5-8H,3-4,9-14H2,1-2H3,(H,20,24)(H,21,25). The topological polar surface area (TPSA) is 64.7 Å². The maximum absolute atomic E-state index is 12.6. The molecule has 3 rings (SSSR count). The van der Waals surface area contributed by atoms with Gasteiger partial charge >= 0.3 is 0 Å². The van der Waals surface area contributed by atoms with Gasteiger partial charge < -0.3 is 20.4 Å². The number of carbonyl (C=O) groups is 2. The molecule has 2 fully saturated rings. The smallest absolute Gasteiger partial charge is 0.240 e. The maximum Gasteiger partial charge on any atom is 0.240 e. The lowest BCUT2D eigenvalue weighted by Gasteiger charge is -2.19. The molecular formula is C19H28N4O2. The zero-order valence-corrected chi connectivity index (χ0v) is 15.2. The van der Waals surface area contributed by atoms with Gasteiger partial charge in [-0.25, -0.2) is 0 Å². The van der Waals surface area contributed by atoms with Gasteiger partial charge in [-0.3, -0.25) is 9.59 Å². The van der Waals surface area contributed by atoms with E-state index in [1.165, 1.54) is 18.5 Å². The molecule has 1 saturated carbocycles. The predicted molar refractivity (Wildman–Crippen MR) is 99.7 cm³/mol. The molecule has 2 amide bonds. The van der Waals surface area contributed by atoms with Gasteiger partial charge in [0.15, 0.2) is 0 Å². The van der Waals surface area contributed by atoms with E-state index in [1.54, 1.807) is 0 Å². The van der Waals surface area contributed by atoms with Crippen molar-refractivity contribution in [3.05, 3.63) is 24.3 Å². The van der Waals surface area contributed by atoms with Crippen molar-refractivity contribution in [2.45, 2.75) is 25.7 Å². The van der Waals surface area contributed by atoms with Crippen LogP contribution in [0.1, 0.15) is 25.7 Å². The summed E-state index contributed by atoms with van der Waals surface area (Å²) < 4.78 is 0. The summed E-state index contributed by atoms with van der Waals surface area (Å²) >= 11 is 0. The summed E-state index contributed by atoms with van der Waals surface area (Å²) in [5.41, 5.74) is 1.07. The van der Waals surface area contributed by atoms with Gasteiger partial charge in [-0.1, -0.05) is 0 Å². The van der Waals surface area contributed by atoms with Crippen LogP contribution in [0.15, 0.2) is 24.3 Å². The monoisotopic (exact) mass is 344 g/mol. The SMILES string of the molecule is CN(C)CCNC(=O)C1(C(=O)Nc2ccc(N3CCCC3)cc2)CC1. The van der Waals surface area contributed by atoms with Crippen LogP contribution >= 0.6 is 0 Å². The Morgan fingerprint density at radius 2 is 1.72 bits per heavy atom. The minimum atomic E-state index is -0.875. The first-order valence-electron chi connectivity index (χ1n) is 9.11. The molecule has 0 bridgehead atoms. The van der Waals surface area contributed by atoms with Crippen molar-refractivity contribution >= 4 is 23.2 Å².